The van der Waals surface area contributed by atoms with Gasteiger partial charge in [0.2, 0.25) is 0 Å². The molecule has 0 unspecified atom stereocenters. The van der Waals surface area contributed by atoms with Crippen LogP contribution in [0.2, 0.25) is 0 Å². The number of rotatable bonds is 3. The Morgan fingerprint density at radius 3 is 1.78 bits per heavy atom. The predicted octanol–water partition coefficient (Wildman–Crippen LogP) is 1.23. The molecule has 0 saturated carbocycles. The largest absolute Gasteiger partial charge is 0.399 e. The van der Waals surface area contributed by atoms with Crippen molar-refractivity contribution in [2.24, 2.45) is 10.7 Å². The molecule has 0 aromatic rings. The smallest absolute Gasteiger partial charge is 0.0637 e. The average Bonchev–Trinajstić information content (AvgIpc) is 1.84. The fourth-order valence-corrected chi connectivity index (χ4v) is 0.281. The van der Waals surface area contributed by atoms with E-state index in [4.69, 9.17) is 5.73 Å². The molecule has 0 saturated heterocycles. The number of hydrogen-bond donors (Lipinski definition) is 1. The second kappa shape index (κ2) is 2.87. The molecular weight excluding hydrogens is 112 g/mol. The van der Waals surface area contributed by atoms with Crippen molar-refractivity contribution in [3.8, 4) is 0 Å². The van der Waals surface area contributed by atoms with Crippen molar-refractivity contribution in [2.75, 3.05) is 0 Å². The summed E-state index contributed by atoms with van der Waals surface area (Å²) >= 11 is 0. The molecule has 0 radical (unpaired) electrons. The zero-order chi connectivity index (χ0) is 7.44. The monoisotopic (exact) mass is 122 g/mol. The van der Waals surface area contributed by atoms with Crippen LogP contribution in [-0.4, -0.2) is 6.72 Å². The highest BCUT2D eigenvalue weighted by Crippen LogP contribution is 2.09. The Hall–Kier alpha value is -1.31. The molecule has 0 heterocycles. The lowest BCUT2D eigenvalue weighted by Crippen LogP contribution is -1.98. The van der Waals surface area contributed by atoms with Crippen LogP contribution in [0.4, 0.5) is 0 Å². The quantitative estimate of drug-likeness (QED) is 0.443. The van der Waals surface area contributed by atoms with Crippen LogP contribution in [-0.2, 0) is 0 Å². The van der Waals surface area contributed by atoms with Gasteiger partial charge in [-0.3, -0.25) is 4.99 Å². The summed E-state index contributed by atoms with van der Waals surface area (Å²) in [4.78, 5) is 3.52. The molecule has 2 nitrogen and oxygen atoms in total. The van der Waals surface area contributed by atoms with Gasteiger partial charge in [0.1, 0.15) is 0 Å². The first-order chi connectivity index (χ1) is 4.09. The summed E-state index contributed by atoms with van der Waals surface area (Å²) in [6.45, 7) is 13.8. The molecule has 0 aliphatic rings. The van der Waals surface area contributed by atoms with E-state index in [9.17, 15) is 0 Å². The van der Waals surface area contributed by atoms with E-state index in [2.05, 4.69) is 31.4 Å². The van der Waals surface area contributed by atoms with Crippen LogP contribution in [0.5, 0.6) is 0 Å². The first-order valence-corrected chi connectivity index (χ1v) is 2.39. The summed E-state index contributed by atoms with van der Waals surface area (Å²) in [6, 6.07) is 0. The minimum atomic E-state index is 0.382. The highest BCUT2D eigenvalue weighted by Gasteiger charge is 1.95. The number of aliphatic imine (C=N–C) groups is 1. The first kappa shape index (κ1) is 7.69. The maximum absolute atomic E-state index is 5.27. The fourth-order valence-electron chi connectivity index (χ4n) is 0.281. The highest BCUT2D eigenvalue weighted by molar-refractivity contribution is 5.43. The van der Waals surface area contributed by atoms with E-state index >= 15 is 0 Å². The molecule has 0 aliphatic carbocycles. The lowest BCUT2D eigenvalue weighted by molar-refractivity contribution is 1.29. The minimum Gasteiger partial charge on any atom is -0.399 e. The van der Waals surface area contributed by atoms with Gasteiger partial charge in [-0.05, 0) is 6.72 Å². The van der Waals surface area contributed by atoms with Crippen LogP contribution in [0.3, 0.4) is 0 Å². The maximum atomic E-state index is 5.27. The molecule has 0 amide bonds. The summed E-state index contributed by atoms with van der Waals surface area (Å²) < 4.78 is 0. The van der Waals surface area contributed by atoms with E-state index in [0.29, 0.717) is 17.0 Å². The Balaban J connectivity index is 4.22. The Labute approximate surface area is 55.1 Å². The lowest BCUT2D eigenvalue weighted by Gasteiger charge is -2.00. The molecule has 0 aromatic heterocycles. The normalized spacial score (nSPS) is 8.00. The molecule has 0 aliphatic heterocycles. The van der Waals surface area contributed by atoms with Crippen LogP contribution in [0, 0.1) is 0 Å². The minimum absolute atomic E-state index is 0.382. The third-order valence-electron chi connectivity index (χ3n) is 0.927. The van der Waals surface area contributed by atoms with Gasteiger partial charge in [0.25, 0.3) is 0 Å². The number of hydrogen-bond acceptors (Lipinski definition) is 2. The lowest BCUT2D eigenvalue weighted by atomic mass is 10.2. The van der Waals surface area contributed by atoms with E-state index < -0.39 is 0 Å². The van der Waals surface area contributed by atoms with Gasteiger partial charge in [-0.1, -0.05) is 19.7 Å². The summed E-state index contributed by atoms with van der Waals surface area (Å²) in [6.07, 6.45) is 0. The summed E-state index contributed by atoms with van der Waals surface area (Å²) in [5.41, 5.74) is 6.67. The van der Waals surface area contributed by atoms with Gasteiger partial charge in [-0.15, -0.1) is 0 Å². The molecule has 2 heteroatoms. The second-order valence-electron chi connectivity index (χ2n) is 1.61. The Morgan fingerprint density at radius 2 is 1.67 bits per heavy atom. The highest BCUT2D eigenvalue weighted by atomic mass is 14.7. The first-order valence-electron chi connectivity index (χ1n) is 2.39. The van der Waals surface area contributed by atoms with E-state index in [0.717, 1.165) is 0 Å². The average molecular weight is 122 g/mol. The Morgan fingerprint density at radius 1 is 1.22 bits per heavy atom. The van der Waals surface area contributed by atoms with Crippen LogP contribution in [0.15, 0.2) is 41.7 Å². The van der Waals surface area contributed by atoms with Crippen LogP contribution in [0.1, 0.15) is 0 Å². The van der Waals surface area contributed by atoms with Crippen LogP contribution < -0.4 is 5.73 Å². The molecule has 0 fully saturated rings. The fraction of sp³-hybridized carbons (Fsp3) is 0. The van der Waals surface area contributed by atoms with Crippen molar-refractivity contribution in [3.63, 3.8) is 0 Å². The summed E-state index contributed by atoms with van der Waals surface area (Å²) in [7, 11) is 0. The van der Waals surface area contributed by atoms with Crippen molar-refractivity contribution >= 4 is 6.72 Å². The van der Waals surface area contributed by atoms with E-state index in [-0.39, 0.29) is 0 Å². The van der Waals surface area contributed by atoms with E-state index in [1.54, 1.807) is 0 Å². The third kappa shape index (κ3) is 1.95. The van der Waals surface area contributed by atoms with Gasteiger partial charge in [-0.25, -0.2) is 0 Å². The molecule has 48 valence electrons. The molecule has 0 atom stereocenters. The van der Waals surface area contributed by atoms with Crippen LogP contribution in [0.25, 0.3) is 0 Å². The van der Waals surface area contributed by atoms with Crippen molar-refractivity contribution in [1.82, 2.24) is 0 Å². The van der Waals surface area contributed by atoms with Crippen molar-refractivity contribution < 1.29 is 0 Å². The number of nitrogens with two attached hydrogens (primary N) is 1. The Bertz CT molecular complexity index is 177. The van der Waals surface area contributed by atoms with Crippen molar-refractivity contribution in [3.05, 3.63) is 36.7 Å². The second-order valence-corrected chi connectivity index (χ2v) is 1.61. The zero-order valence-corrected chi connectivity index (χ0v) is 5.35. The Kier molecular flexibility index (Phi) is 2.45. The standard InChI is InChI=1S/C7H10N2/c1-5(6(2)8)7(3)9-4/h1-4,8H2. The van der Waals surface area contributed by atoms with Gasteiger partial charge >= 0.3 is 0 Å². The van der Waals surface area contributed by atoms with E-state index in [1.165, 1.54) is 0 Å². The maximum Gasteiger partial charge on any atom is 0.0637 e. The van der Waals surface area contributed by atoms with Gasteiger partial charge < -0.3 is 5.73 Å². The topological polar surface area (TPSA) is 38.4 Å². The zero-order valence-electron chi connectivity index (χ0n) is 5.35. The summed E-state index contributed by atoms with van der Waals surface area (Å²) in [5, 5.41) is 0. The van der Waals surface area contributed by atoms with Crippen molar-refractivity contribution in [1.29, 1.82) is 0 Å². The van der Waals surface area contributed by atoms with Gasteiger partial charge in [0.05, 0.1) is 5.70 Å². The molecule has 2 N–H and O–H groups in total. The molecule has 0 aromatic carbocycles. The van der Waals surface area contributed by atoms with Gasteiger partial charge in [-0.2, -0.15) is 0 Å². The molecule has 0 rings (SSSR count). The SMILES string of the molecule is C=NC(=C)C(=C)C(=C)N. The van der Waals surface area contributed by atoms with Gasteiger partial charge in [0, 0.05) is 11.3 Å². The van der Waals surface area contributed by atoms with E-state index in [1.807, 2.05) is 0 Å². The van der Waals surface area contributed by atoms with Crippen LogP contribution >= 0.6 is 0 Å². The molecule has 0 bridgehead atoms. The number of nitrogens with zero attached hydrogens (tertiary/aromatic N) is 1. The summed E-state index contributed by atoms with van der Waals surface area (Å²) in [5.74, 6) is 0. The van der Waals surface area contributed by atoms with Crippen molar-refractivity contribution in [2.45, 2.75) is 0 Å². The molecular formula is C7H10N2. The molecule has 0 spiro atoms. The van der Waals surface area contributed by atoms with Gasteiger partial charge in [0.15, 0.2) is 0 Å². The third-order valence-corrected chi connectivity index (χ3v) is 0.927. The predicted molar refractivity (Wildman–Crippen MR) is 41.2 cm³/mol. The molecule has 9 heavy (non-hydrogen) atoms.